The molecule has 0 aliphatic heterocycles. The van der Waals surface area contributed by atoms with Crippen LogP contribution in [0.5, 0.6) is 0 Å². The van der Waals surface area contributed by atoms with E-state index >= 15 is 0 Å². The van der Waals surface area contributed by atoms with Crippen molar-refractivity contribution in [2.24, 2.45) is 0 Å². The Morgan fingerprint density at radius 2 is 1.59 bits per heavy atom. The monoisotopic (exact) mass is 493 g/mol. The van der Waals surface area contributed by atoms with Crippen molar-refractivity contribution in [3.63, 3.8) is 0 Å². The zero-order valence-electron chi connectivity index (χ0n) is 19.6. The number of amides is 1. The van der Waals surface area contributed by atoms with E-state index in [1.54, 1.807) is 6.07 Å². The summed E-state index contributed by atoms with van der Waals surface area (Å²) in [4.78, 5) is 12.6. The maximum absolute atomic E-state index is 12.6. The second-order valence-electron chi connectivity index (χ2n) is 10.3. The summed E-state index contributed by atoms with van der Waals surface area (Å²) in [5, 5.41) is 2.94. The molecule has 3 nitrogen and oxygen atoms in total. The molecule has 0 saturated carbocycles. The largest absolute Gasteiger partial charge is 0.456 e. The zero-order valence-corrected chi connectivity index (χ0v) is 21.2. The Kier molecular flexibility index (Phi) is 6.10. The number of aryl methyl sites for hydroxylation is 1. The molecule has 168 valence electrons. The Morgan fingerprint density at radius 3 is 2.25 bits per heavy atom. The van der Waals surface area contributed by atoms with Crippen LogP contribution in [0.4, 0.5) is 0 Å². The van der Waals surface area contributed by atoms with Crippen molar-refractivity contribution in [3.8, 4) is 0 Å². The number of hydrogen-bond acceptors (Lipinski definition) is 2. The summed E-state index contributed by atoms with van der Waals surface area (Å²) in [6, 6.07) is 16.3. The Hall–Kier alpha value is -2.33. The van der Waals surface area contributed by atoms with Crippen LogP contribution in [0, 0.1) is 6.92 Å². The molecule has 0 spiro atoms. The van der Waals surface area contributed by atoms with Crippen LogP contribution in [0.25, 0.3) is 0 Å². The predicted octanol–water partition coefficient (Wildman–Crippen LogP) is 7.22. The van der Waals surface area contributed by atoms with E-state index in [0.717, 1.165) is 15.8 Å². The number of carbonyl (C=O) groups excluding carboxylic acids is 1. The minimum atomic E-state index is -0.191. The van der Waals surface area contributed by atoms with E-state index in [9.17, 15) is 4.79 Å². The number of carbonyl (C=O) groups is 1. The van der Waals surface area contributed by atoms with E-state index in [4.69, 9.17) is 4.42 Å². The molecule has 32 heavy (non-hydrogen) atoms. The van der Waals surface area contributed by atoms with Gasteiger partial charge in [-0.3, -0.25) is 4.79 Å². The molecule has 1 aromatic heterocycles. The lowest BCUT2D eigenvalue weighted by atomic mass is 9.62. The minimum absolute atomic E-state index is 0.175. The van der Waals surface area contributed by atoms with Crippen molar-refractivity contribution >= 4 is 21.8 Å². The second-order valence-corrected chi connectivity index (χ2v) is 11.3. The van der Waals surface area contributed by atoms with Crippen LogP contribution in [-0.4, -0.2) is 5.91 Å². The van der Waals surface area contributed by atoms with Crippen molar-refractivity contribution in [1.29, 1.82) is 0 Å². The van der Waals surface area contributed by atoms with Gasteiger partial charge in [0.05, 0.1) is 0 Å². The Morgan fingerprint density at radius 1 is 0.969 bits per heavy atom. The van der Waals surface area contributed by atoms with Gasteiger partial charge in [-0.05, 0) is 82.7 Å². The summed E-state index contributed by atoms with van der Waals surface area (Å²) in [5.74, 6) is 0.980. The first-order valence-corrected chi connectivity index (χ1v) is 12.1. The number of fused-ring (bicyclic) bond motifs is 1. The molecule has 0 fully saturated rings. The van der Waals surface area contributed by atoms with Gasteiger partial charge in [-0.15, -0.1) is 0 Å². The fraction of sp³-hybridized carbons (Fsp3) is 0.393. The van der Waals surface area contributed by atoms with Crippen LogP contribution in [0.3, 0.4) is 0 Å². The maximum Gasteiger partial charge on any atom is 0.287 e. The number of nitrogens with one attached hydrogen (secondary N) is 1. The third kappa shape index (κ3) is 4.71. The highest BCUT2D eigenvalue weighted by molar-refractivity contribution is 9.10. The molecule has 2 aromatic carbocycles. The molecular formula is C28H32BrNO2. The van der Waals surface area contributed by atoms with Gasteiger partial charge in [0.15, 0.2) is 5.76 Å². The van der Waals surface area contributed by atoms with E-state index in [0.29, 0.717) is 18.7 Å². The highest BCUT2D eigenvalue weighted by atomic mass is 79.9. The molecule has 4 rings (SSSR count). The Bertz CT molecular complexity index is 1140. The topological polar surface area (TPSA) is 42.2 Å². The molecule has 4 heteroatoms. The molecule has 0 bridgehead atoms. The van der Waals surface area contributed by atoms with Crippen LogP contribution in [0.1, 0.15) is 84.7 Å². The van der Waals surface area contributed by atoms with Crippen molar-refractivity contribution in [1.82, 2.24) is 5.32 Å². The van der Waals surface area contributed by atoms with Crippen molar-refractivity contribution in [2.75, 3.05) is 0 Å². The molecule has 1 heterocycles. The number of halogens is 1. The average Bonchev–Trinajstić information content (AvgIpc) is 3.21. The Balaban J connectivity index is 1.50. The van der Waals surface area contributed by atoms with Crippen LogP contribution in [0.2, 0.25) is 0 Å². The highest BCUT2D eigenvalue weighted by Crippen LogP contribution is 2.46. The van der Waals surface area contributed by atoms with Crippen LogP contribution < -0.4 is 5.32 Å². The van der Waals surface area contributed by atoms with Gasteiger partial charge in [-0.2, -0.15) is 0 Å². The SMILES string of the molecule is Cc1cc2c(cc1Cc1ccc(C(=O)NCc3ccc(Br)cc3)o1)C(C)(C)CCC2(C)C. The molecule has 0 atom stereocenters. The summed E-state index contributed by atoms with van der Waals surface area (Å²) < 4.78 is 6.95. The third-order valence-corrected chi connectivity index (χ3v) is 7.45. The molecule has 0 radical (unpaired) electrons. The van der Waals surface area contributed by atoms with Crippen LogP contribution >= 0.6 is 15.9 Å². The van der Waals surface area contributed by atoms with Gasteiger partial charge in [0, 0.05) is 17.4 Å². The summed E-state index contributed by atoms with van der Waals surface area (Å²) in [6.07, 6.45) is 3.09. The summed E-state index contributed by atoms with van der Waals surface area (Å²) in [7, 11) is 0. The quantitative estimate of drug-likeness (QED) is 0.407. The van der Waals surface area contributed by atoms with E-state index in [2.05, 4.69) is 68.0 Å². The predicted molar refractivity (Wildman–Crippen MR) is 133 cm³/mol. The average molecular weight is 494 g/mol. The third-order valence-electron chi connectivity index (χ3n) is 6.93. The zero-order chi connectivity index (χ0) is 23.1. The minimum Gasteiger partial charge on any atom is -0.456 e. The van der Waals surface area contributed by atoms with E-state index in [1.807, 2.05) is 30.3 Å². The Labute approximate surface area is 199 Å². The first-order valence-electron chi connectivity index (χ1n) is 11.3. The molecule has 1 N–H and O–H groups in total. The van der Waals surface area contributed by atoms with Crippen LogP contribution in [0.15, 0.2) is 57.4 Å². The van der Waals surface area contributed by atoms with Crippen molar-refractivity contribution in [3.05, 3.63) is 92.3 Å². The number of hydrogen-bond donors (Lipinski definition) is 1. The van der Waals surface area contributed by atoms with Gasteiger partial charge in [0.2, 0.25) is 0 Å². The fourth-order valence-electron chi connectivity index (χ4n) is 4.61. The summed E-state index contributed by atoms with van der Waals surface area (Å²) >= 11 is 3.43. The lowest BCUT2D eigenvalue weighted by Gasteiger charge is -2.42. The molecule has 0 saturated heterocycles. The van der Waals surface area contributed by atoms with E-state index < -0.39 is 0 Å². The van der Waals surface area contributed by atoms with Gasteiger partial charge in [-0.1, -0.05) is 67.9 Å². The lowest BCUT2D eigenvalue weighted by molar-refractivity contribution is 0.0921. The first kappa shape index (κ1) is 22.8. The van der Waals surface area contributed by atoms with Gasteiger partial charge in [0.25, 0.3) is 5.91 Å². The molecular weight excluding hydrogens is 462 g/mol. The lowest BCUT2D eigenvalue weighted by Crippen LogP contribution is -2.34. The van der Waals surface area contributed by atoms with E-state index in [-0.39, 0.29) is 16.7 Å². The molecule has 0 unspecified atom stereocenters. The number of furan rings is 1. The van der Waals surface area contributed by atoms with Crippen molar-refractivity contribution < 1.29 is 9.21 Å². The molecule has 1 amide bonds. The molecule has 3 aromatic rings. The number of rotatable bonds is 5. The maximum atomic E-state index is 12.6. The smallest absolute Gasteiger partial charge is 0.287 e. The fourth-order valence-corrected chi connectivity index (χ4v) is 4.88. The molecule has 1 aliphatic carbocycles. The van der Waals surface area contributed by atoms with Gasteiger partial charge < -0.3 is 9.73 Å². The van der Waals surface area contributed by atoms with Gasteiger partial charge >= 0.3 is 0 Å². The van der Waals surface area contributed by atoms with E-state index in [1.165, 1.54) is 35.1 Å². The summed E-state index contributed by atoms with van der Waals surface area (Å²) in [6.45, 7) is 12.1. The second kappa shape index (κ2) is 8.55. The number of benzene rings is 2. The first-order chi connectivity index (χ1) is 15.0. The van der Waals surface area contributed by atoms with Gasteiger partial charge in [-0.25, -0.2) is 0 Å². The normalized spacial score (nSPS) is 16.4. The molecule has 1 aliphatic rings. The summed E-state index contributed by atoms with van der Waals surface area (Å²) in [5.41, 5.74) is 6.91. The highest BCUT2D eigenvalue weighted by Gasteiger charge is 2.37. The van der Waals surface area contributed by atoms with Gasteiger partial charge in [0.1, 0.15) is 5.76 Å². The standard InChI is InChI=1S/C28H32BrNO2/c1-18-14-23-24(28(4,5)13-12-27(23,2)3)16-20(18)15-22-10-11-25(32-22)26(31)30-17-19-6-8-21(29)9-7-19/h6-11,14,16H,12-13,15,17H2,1-5H3,(H,30,31). The van der Waals surface area contributed by atoms with Crippen LogP contribution in [-0.2, 0) is 23.8 Å². The van der Waals surface area contributed by atoms with Crippen molar-refractivity contribution in [2.45, 2.75) is 71.3 Å².